The van der Waals surface area contributed by atoms with E-state index in [0.717, 1.165) is 5.56 Å². The fourth-order valence-electron chi connectivity index (χ4n) is 2.27. The standard InChI is InChI=1S/C17H19N3O4S/c1-5-9-18-25(22,23)15-8-6-7-14(10-15)17(21)20(4)11-16-12(2)19-24-13(16)3/h1,6-8,10,18H,9,11H2,2-4H3. The molecule has 0 bridgehead atoms. The Bertz CT molecular complexity index is 906. The van der Waals surface area contributed by atoms with Gasteiger partial charge >= 0.3 is 0 Å². The fourth-order valence-corrected chi connectivity index (χ4v) is 3.25. The van der Waals surface area contributed by atoms with E-state index in [2.05, 4.69) is 15.8 Å². The molecule has 0 saturated heterocycles. The van der Waals surface area contributed by atoms with Crippen molar-refractivity contribution >= 4 is 15.9 Å². The molecule has 7 nitrogen and oxygen atoms in total. The molecule has 1 heterocycles. The maximum absolute atomic E-state index is 12.6. The van der Waals surface area contributed by atoms with E-state index in [4.69, 9.17) is 10.9 Å². The third-order valence-corrected chi connectivity index (χ3v) is 5.08. The summed E-state index contributed by atoms with van der Waals surface area (Å²) in [5, 5.41) is 3.86. The molecule has 0 fully saturated rings. The van der Waals surface area contributed by atoms with Gasteiger partial charge in [0.2, 0.25) is 10.0 Å². The molecule has 1 amide bonds. The molecule has 2 aromatic rings. The summed E-state index contributed by atoms with van der Waals surface area (Å²) in [6.45, 7) is 3.77. The molecule has 0 spiro atoms. The van der Waals surface area contributed by atoms with Crippen molar-refractivity contribution in [3.8, 4) is 12.3 Å². The van der Waals surface area contributed by atoms with Crippen molar-refractivity contribution in [1.29, 1.82) is 0 Å². The number of aryl methyl sites for hydroxylation is 2. The second kappa shape index (κ2) is 7.51. The maximum atomic E-state index is 12.6. The van der Waals surface area contributed by atoms with Gasteiger partial charge in [0.25, 0.3) is 5.91 Å². The Kier molecular flexibility index (Phi) is 5.62. The lowest BCUT2D eigenvalue weighted by molar-refractivity contribution is 0.0784. The SMILES string of the molecule is C#CCNS(=O)(=O)c1cccc(C(=O)N(C)Cc2c(C)noc2C)c1. The topological polar surface area (TPSA) is 92.5 Å². The van der Waals surface area contributed by atoms with Crippen LogP contribution in [0.1, 0.15) is 27.4 Å². The van der Waals surface area contributed by atoms with Gasteiger partial charge in [-0.05, 0) is 32.0 Å². The van der Waals surface area contributed by atoms with E-state index in [-0.39, 0.29) is 22.9 Å². The normalized spacial score (nSPS) is 11.1. The first-order valence-corrected chi connectivity index (χ1v) is 8.95. The highest BCUT2D eigenvalue weighted by molar-refractivity contribution is 7.89. The van der Waals surface area contributed by atoms with Crippen molar-refractivity contribution in [2.75, 3.05) is 13.6 Å². The summed E-state index contributed by atoms with van der Waals surface area (Å²) in [6, 6.07) is 5.81. The molecule has 1 aromatic carbocycles. The monoisotopic (exact) mass is 361 g/mol. The van der Waals surface area contributed by atoms with Crippen molar-refractivity contribution in [3.05, 3.63) is 46.8 Å². The van der Waals surface area contributed by atoms with Crippen LogP contribution >= 0.6 is 0 Å². The molecule has 0 radical (unpaired) electrons. The molecule has 2 rings (SSSR count). The molecule has 132 valence electrons. The second-order valence-corrected chi connectivity index (χ2v) is 7.29. The highest BCUT2D eigenvalue weighted by atomic mass is 32.2. The number of hydrogen-bond acceptors (Lipinski definition) is 5. The number of sulfonamides is 1. The number of aromatic nitrogens is 1. The number of nitrogens with one attached hydrogen (secondary N) is 1. The molecule has 0 saturated carbocycles. The number of carbonyl (C=O) groups is 1. The molecule has 0 aliphatic carbocycles. The van der Waals surface area contributed by atoms with Crippen LogP contribution in [0.4, 0.5) is 0 Å². The molecule has 1 N–H and O–H groups in total. The van der Waals surface area contributed by atoms with Crippen molar-refractivity contribution in [2.24, 2.45) is 0 Å². The van der Waals surface area contributed by atoms with Crippen LogP contribution in [0.2, 0.25) is 0 Å². The minimum atomic E-state index is -3.76. The van der Waals surface area contributed by atoms with Gasteiger partial charge in [0.05, 0.1) is 23.7 Å². The average molecular weight is 361 g/mol. The number of terminal acetylenes is 1. The molecular formula is C17H19N3O4S. The largest absolute Gasteiger partial charge is 0.361 e. The van der Waals surface area contributed by atoms with Crippen LogP contribution < -0.4 is 4.72 Å². The van der Waals surface area contributed by atoms with Crippen LogP contribution in [-0.4, -0.2) is 38.0 Å². The van der Waals surface area contributed by atoms with Crippen LogP contribution in [0, 0.1) is 26.2 Å². The van der Waals surface area contributed by atoms with Gasteiger partial charge in [0.15, 0.2) is 0 Å². The predicted molar refractivity (Wildman–Crippen MR) is 92.2 cm³/mol. The summed E-state index contributed by atoms with van der Waals surface area (Å²) in [5.74, 6) is 2.54. The highest BCUT2D eigenvalue weighted by Gasteiger charge is 2.19. The Hall–Kier alpha value is -2.63. The molecule has 1 aromatic heterocycles. The van der Waals surface area contributed by atoms with Gasteiger partial charge in [0, 0.05) is 18.2 Å². The Morgan fingerprint density at radius 3 is 2.72 bits per heavy atom. The molecule has 0 aliphatic rings. The van der Waals surface area contributed by atoms with E-state index in [1.54, 1.807) is 27.0 Å². The molecule has 25 heavy (non-hydrogen) atoms. The lowest BCUT2D eigenvalue weighted by Crippen LogP contribution is -2.28. The maximum Gasteiger partial charge on any atom is 0.253 e. The third-order valence-electron chi connectivity index (χ3n) is 3.68. The van der Waals surface area contributed by atoms with E-state index >= 15 is 0 Å². The molecule has 8 heteroatoms. The van der Waals surface area contributed by atoms with Gasteiger partial charge in [-0.15, -0.1) is 6.42 Å². The number of benzene rings is 1. The fraction of sp³-hybridized carbons (Fsp3) is 0.294. The minimum Gasteiger partial charge on any atom is -0.361 e. The Morgan fingerprint density at radius 2 is 2.12 bits per heavy atom. The minimum absolute atomic E-state index is 0.0145. The third kappa shape index (κ3) is 4.26. The van der Waals surface area contributed by atoms with E-state index < -0.39 is 10.0 Å². The Labute approximate surface area is 147 Å². The zero-order valence-electron chi connectivity index (χ0n) is 14.2. The number of rotatable bonds is 6. The summed E-state index contributed by atoms with van der Waals surface area (Å²) in [4.78, 5) is 14.1. The van der Waals surface area contributed by atoms with Crippen LogP contribution in [0.25, 0.3) is 0 Å². The zero-order valence-corrected chi connectivity index (χ0v) is 15.1. The Morgan fingerprint density at radius 1 is 1.40 bits per heavy atom. The highest BCUT2D eigenvalue weighted by Crippen LogP contribution is 2.17. The summed E-state index contributed by atoms with van der Waals surface area (Å²) >= 11 is 0. The predicted octanol–water partition coefficient (Wildman–Crippen LogP) is 1.48. The average Bonchev–Trinajstić information content (AvgIpc) is 2.91. The lowest BCUT2D eigenvalue weighted by atomic mass is 10.1. The number of carbonyl (C=O) groups excluding carboxylic acids is 1. The molecular weight excluding hydrogens is 342 g/mol. The van der Waals surface area contributed by atoms with Crippen LogP contribution in [0.5, 0.6) is 0 Å². The number of nitrogens with zero attached hydrogens (tertiary/aromatic N) is 2. The van der Waals surface area contributed by atoms with Gasteiger partial charge in [-0.1, -0.05) is 17.1 Å². The number of amides is 1. The van der Waals surface area contributed by atoms with E-state index in [0.29, 0.717) is 18.0 Å². The van der Waals surface area contributed by atoms with Crippen LogP contribution in [0.15, 0.2) is 33.7 Å². The van der Waals surface area contributed by atoms with Crippen LogP contribution in [-0.2, 0) is 16.6 Å². The summed E-state index contributed by atoms with van der Waals surface area (Å²) in [5.41, 5.74) is 1.81. The lowest BCUT2D eigenvalue weighted by Gasteiger charge is -2.17. The zero-order chi connectivity index (χ0) is 18.6. The van der Waals surface area contributed by atoms with Gasteiger partial charge in [-0.25, -0.2) is 8.42 Å². The van der Waals surface area contributed by atoms with Crippen molar-refractivity contribution in [1.82, 2.24) is 14.8 Å². The second-order valence-electron chi connectivity index (χ2n) is 5.52. The Balaban J connectivity index is 2.22. The molecule has 0 atom stereocenters. The van der Waals surface area contributed by atoms with E-state index in [9.17, 15) is 13.2 Å². The van der Waals surface area contributed by atoms with Crippen molar-refractivity contribution in [2.45, 2.75) is 25.3 Å². The van der Waals surface area contributed by atoms with Gasteiger partial charge in [0.1, 0.15) is 5.76 Å². The smallest absolute Gasteiger partial charge is 0.253 e. The van der Waals surface area contributed by atoms with Gasteiger partial charge in [-0.2, -0.15) is 4.72 Å². The molecule has 0 aliphatic heterocycles. The summed E-state index contributed by atoms with van der Waals surface area (Å²) in [6.07, 6.45) is 5.07. The first-order chi connectivity index (χ1) is 11.8. The first kappa shape index (κ1) is 18.7. The number of hydrogen-bond donors (Lipinski definition) is 1. The van der Waals surface area contributed by atoms with Gasteiger partial charge < -0.3 is 9.42 Å². The quantitative estimate of drug-likeness (QED) is 0.787. The summed E-state index contributed by atoms with van der Waals surface area (Å²) in [7, 11) is -2.12. The van der Waals surface area contributed by atoms with Gasteiger partial charge in [-0.3, -0.25) is 4.79 Å². The summed E-state index contributed by atoms with van der Waals surface area (Å²) < 4.78 is 31.6. The molecule has 0 unspecified atom stereocenters. The van der Waals surface area contributed by atoms with E-state index in [1.165, 1.54) is 23.1 Å². The van der Waals surface area contributed by atoms with Crippen molar-refractivity contribution in [3.63, 3.8) is 0 Å². The van der Waals surface area contributed by atoms with E-state index in [1.807, 2.05) is 0 Å². The van der Waals surface area contributed by atoms with Crippen molar-refractivity contribution < 1.29 is 17.7 Å². The first-order valence-electron chi connectivity index (χ1n) is 7.46. The van der Waals surface area contributed by atoms with Crippen LogP contribution in [0.3, 0.4) is 0 Å².